The molecule has 27 heavy (non-hydrogen) atoms. The monoisotopic (exact) mass is 376 g/mol. The molecule has 0 saturated heterocycles. The van der Waals surface area contributed by atoms with Crippen LogP contribution in [0.1, 0.15) is 35.6 Å². The summed E-state index contributed by atoms with van der Waals surface area (Å²) in [6.45, 7) is 1.80. The molecule has 0 bridgehead atoms. The largest absolute Gasteiger partial charge is 0.388 e. The molecule has 5 nitrogen and oxygen atoms in total. The highest BCUT2D eigenvalue weighted by atomic mass is 32.1. The zero-order chi connectivity index (χ0) is 18.5. The Morgan fingerprint density at radius 3 is 2.93 bits per heavy atom. The SMILES string of the molecule is CC(O)c1ccc(-c2ccc3[nH]c4c(c3c2)-c2nc(N)ncc2CCC4)s1. The van der Waals surface area contributed by atoms with Gasteiger partial charge in [-0.15, -0.1) is 11.3 Å². The van der Waals surface area contributed by atoms with Crippen molar-refractivity contribution < 1.29 is 5.11 Å². The molecule has 0 radical (unpaired) electrons. The molecule has 0 fully saturated rings. The van der Waals surface area contributed by atoms with E-state index in [0.717, 1.165) is 62.3 Å². The van der Waals surface area contributed by atoms with Gasteiger partial charge in [-0.05, 0) is 61.6 Å². The Bertz CT molecular complexity index is 1160. The molecule has 0 spiro atoms. The van der Waals surface area contributed by atoms with Gasteiger partial charge in [0, 0.05) is 38.1 Å². The summed E-state index contributed by atoms with van der Waals surface area (Å²) in [4.78, 5) is 14.5. The summed E-state index contributed by atoms with van der Waals surface area (Å²) in [5.74, 6) is 0.312. The third kappa shape index (κ3) is 2.72. The van der Waals surface area contributed by atoms with E-state index in [2.05, 4.69) is 39.2 Å². The first kappa shape index (κ1) is 16.5. The van der Waals surface area contributed by atoms with Crippen LogP contribution in [0.25, 0.3) is 32.6 Å². The lowest BCUT2D eigenvalue weighted by atomic mass is 10.0. The number of hydrogen-bond donors (Lipinski definition) is 3. The van der Waals surface area contributed by atoms with E-state index in [9.17, 15) is 5.11 Å². The van der Waals surface area contributed by atoms with Gasteiger partial charge in [0.1, 0.15) is 0 Å². The summed E-state index contributed by atoms with van der Waals surface area (Å²) in [7, 11) is 0. The molecule has 3 aromatic heterocycles. The van der Waals surface area contributed by atoms with Crippen LogP contribution in [0, 0.1) is 0 Å². The second kappa shape index (κ2) is 6.18. The summed E-state index contributed by atoms with van der Waals surface area (Å²) in [5, 5.41) is 11.0. The van der Waals surface area contributed by atoms with Gasteiger partial charge in [0.15, 0.2) is 0 Å². The van der Waals surface area contributed by atoms with Crippen LogP contribution in [-0.2, 0) is 12.8 Å². The smallest absolute Gasteiger partial charge is 0.220 e. The molecular formula is C21H20N4OS. The van der Waals surface area contributed by atoms with E-state index in [0.29, 0.717) is 5.95 Å². The highest BCUT2D eigenvalue weighted by Crippen LogP contribution is 2.40. The summed E-state index contributed by atoms with van der Waals surface area (Å²) >= 11 is 1.63. The zero-order valence-electron chi connectivity index (χ0n) is 15.0. The molecule has 4 aromatic rings. The van der Waals surface area contributed by atoms with Crippen LogP contribution in [0.3, 0.4) is 0 Å². The van der Waals surface area contributed by atoms with Crippen molar-refractivity contribution in [3.63, 3.8) is 0 Å². The molecule has 6 heteroatoms. The van der Waals surface area contributed by atoms with E-state index in [1.807, 2.05) is 12.3 Å². The number of fused-ring (bicyclic) bond motifs is 5. The zero-order valence-corrected chi connectivity index (χ0v) is 15.8. The Morgan fingerprint density at radius 1 is 1.22 bits per heavy atom. The predicted octanol–water partition coefficient (Wildman–Crippen LogP) is 4.48. The number of aromatic amines is 1. The maximum Gasteiger partial charge on any atom is 0.220 e. The van der Waals surface area contributed by atoms with Crippen LogP contribution in [0.15, 0.2) is 36.5 Å². The van der Waals surface area contributed by atoms with Gasteiger partial charge in [0.2, 0.25) is 5.95 Å². The number of nitrogen functional groups attached to an aromatic ring is 1. The average molecular weight is 376 g/mol. The molecule has 1 atom stereocenters. The van der Waals surface area contributed by atoms with Gasteiger partial charge in [-0.3, -0.25) is 0 Å². The third-order valence-electron chi connectivity index (χ3n) is 5.19. The lowest BCUT2D eigenvalue weighted by Crippen LogP contribution is -1.99. The van der Waals surface area contributed by atoms with Gasteiger partial charge < -0.3 is 15.8 Å². The van der Waals surface area contributed by atoms with Crippen molar-refractivity contribution in [3.8, 4) is 21.7 Å². The minimum Gasteiger partial charge on any atom is -0.388 e. The molecule has 1 aliphatic rings. The highest BCUT2D eigenvalue weighted by molar-refractivity contribution is 7.15. The lowest BCUT2D eigenvalue weighted by molar-refractivity contribution is 0.203. The summed E-state index contributed by atoms with van der Waals surface area (Å²) in [5.41, 5.74) is 12.6. The van der Waals surface area contributed by atoms with Gasteiger partial charge in [-0.2, -0.15) is 0 Å². The molecular weight excluding hydrogens is 356 g/mol. The van der Waals surface area contributed by atoms with Crippen molar-refractivity contribution in [1.82, 2.24) is 15.0 Å². The second-order valence-electron chi connectivity index (χ2n) is 7.07. The predicted molar refractivity (Wildman–Crippen MR) is 110 cm³/mol. The Balaban J connectivity index is 1.72. The maximum absolute atomic E-state index is 9.83. The number of nitrogens with one attached hydrogen (secondary N) is 1. The Morgan fingerprint density at radius 2 is 2.11 bits per heavy atom. The topological polar surface area (TPSA) is 87.8 Å². The molecule has 0 saturated carbocycles. The van der Waals surface area contributed by atoms with Gasteiger partial charge >= 0.3 is 0 Å². The van der Waals surface area contributed by atoms with E-state index < -0.39 is 6.10 Å². The van der Waals surface area contributed by atoms with Crippen molar-refractivity contribution in [3.05, 3.63) is 52.7 Å². The van der Waals surface area contributed by atoms with Gasteiger partial charge in [0.25, 0.3) is 0 Å². The fourth-order valence-corrected chi connectivity index (χ4v) is 4.81. The molecule has 1 aliphatic carbocycles. The van der Waals surface area contributed by atoms with E-state index in [-0.39, 0.29) is 0 Å². The number of aryl methyl sites for hydroxylation is 2. The number of aliphatic hydroxyl groups excluding tert-OH is 1. The van der Waals surface area contributed by atoms with Crippen LogP contribution >= 0.6 is 11.3 Å². The number of hydrogen-bond acceptors (Lipinski definition) is 5. The van der Waals surface area contributed by atoms with Crippen molar-refractivity contribution in [2.75, 3.05) is 5.73 Å². The number of thiophene rings is 1. The van der Waals surface area contributed by atoms with Crippen LogP contribution in [0.2, 0.25) is 0 Å². The normalized spacial score (nSPS) is 14.6. The average Bonchev–Trinajstić information content (AvgIpc) is 3.23. The molecule has 4 N–H and O–H groups in total. The first-order chi connectivity index (χ1) is 13.1. The minimum absolute atomic E-state index is 0.312. The molecule has 5 rings (SSSR count). The van der Waals surface area contributed by atoms with Crippen LogP contribution in [-0.4, -0.2) is 20.1 Å². The number of rotatable bonds is 2. The van der Waals surface area contributed by atoms with E-state index >= 15 is 0 Å². The number of aromatic nitrogens is 3. The van der Waals surface area contributed by atoms with Crippen molar-refractivity contribution in [1.29, 1.82) is 0 Å². The van der Waals surface area contributed by atoms with Crippen molar-refractivity contribution in [2.45, 2.75) is 32.3 Å². The Labute approximate surface area is 160 Å². The van der Waals surface area contributed by atoms with Crippen molar-refractivity contribution >= 4 is 28.2 Å². The van der Waals surface area contributed by atoms with Gasteiger partial charge in [0.05, 0.1) is 11.8 Å². The fourth-order valence-electron chi connectivity index (χ4n) is 3.87. The van der Waals surface area contributed by atoms with E-state index in [4.69, 9.17) is 5.73 Å². The number of nitrogens with two attached hydrogens (primary N) is 1. The molecule has 1 unspecified atom stereocenters. The summed E-state index contributed by atoms with van der Waals surface area (Å²) < 4.78 is 0. The van der Waals surface area contributed by atoms with Crippen LogP contribution in [0.4, 0.5) is 5.95 Å². The molecule has 0 aliphatic heterocycles. The third-order valence-corrected chi connectivity index (χ3v) is 6.50. The lowest BCUT2D eigenvalue weighted by Gasteiger charge is -2.07. The van der Waals surface area contributed by atoms with Gasteiger partial charge in [-0.1, -0.05) is 6.07 Å². The fraction of sp³-hybridized carbons (Fsp3) is 0.238. The number of aliphatic hydroxyl groups is 1. The highest BCUT2D eigenvalue weighted by Gasteiger charge is 2.22. The Hall–Kier alpha value is -2.70. The van der Waals surface area contributed by atoms with Crippen LogP contribution in [0.5, 0.6) is 0 Å². The van der Waals surface area contributed by atoms with E-state index in [1.54, 1.807) is 18.3 Å². The first-order valence-corrected chi connectivity index (χ1v) is 9.96. The summed E-state index contributed by atoms with van der Waals surface area (Å²) in [6.07, 6.45) is 4.43. The number of nitrogens with zero attached hydrogens (tertiary/aromatic N) is 2. The molecule has 1 aromatic carbocycles. The van der Waals surface area contributed by atoms with Gasteiger partial charge in [-0.25, -0.2) is 9.97 Å². The van der Waals surface area contributed by atoms with Crippen LogP contribution < -0.4 is 5.73 Å². The summed E-state index contributed by atoms with van der Waals surface area (Å²) in [6, 6.07) is 10.6. The standard InChI is InChI=1S/C21H20N4OS/c1-11(26)17-7-8-18(27-17)12-5-6-15-14(9-12)19-16(24-15)4-2-3-13-10-23-21(22)25-20(13)19/h5-11,24,26H,2-4H2,1H3,(H2,22,23,25). The molecule has 136 valence electrons. The number of anilines is 1. The molecule has 3 heterocycles. The quantitative estimate of drug-likeness (QED) is 0.481. The van der Waals surface area contributed by atoms with Crippen molar-refractivity contribution in [2.24, 2.45) is 0 Å². The minimum atomic E-state index is -0.442. The van der Waals surface area contributed by atoms with E-state index in [1.165, 1.54) is 5.69 Å². The first-order valence-electron chi connectivity index (χ1n) is 9.14. The Kier molecular flexibility index (Phi) is 3.77. The maximum atomic E-state index is 9.83. The molecule has 0 amide bonds. The number of benzene rings is 1. The number of H-pyrrole nitrogens is 1. The second-order valence-corrected chi connectivity index (χ2v) is 8.19.